The van der Waals surface area contributed by atoms with Gasteiger partial charge in [-0.2, -0.15) is 0 Å². The molecule has 0 fully saturated rings. The lowest BCUT2D eigenvalue weighted by molar-refractivity contribution is 0.154. The van der Waals surface area contributed by atoms with E-state index in [0.717, 1.165) is 11.5 Å². The number of nitrogens with two attached hydrogens (primary N) is 1. The van der Waals surface area contributed by atoms with Gasteiger partial charge in [-0.15, -0.1) is 0 Å². The lowest BCUT2D eigenvalue weighted by atomic mass is 10.00. The first-order chi connectivity index (χ1) is 6.56. The summed E-state index contributed by atoms with van der Waals surface area (Å²) in [6, 6.07) is 1.88. The largest absolute Gasteiger partial charge is 0.391 e. The zero-order valence-corrected chi connectivity index (χ0v) is 8.90. The Morgan fingerprint density at radius 3 is 2.57 bits per heavy atom. The highest BCUT2D eigenvalue weighted by atomic mass is 16.5. The summed E-state index contributed by atoms with van der Waals surface area (Å²) in [6.07, 6.45) is -0.555. The molecule has 0 radical (unpaired) electrons. The maximum absolute atomic E-state index is 9.52. The molecule has 4 heteroatoms. The van der Waals surface area contributed by atoms with Crippen LogP contribution in [0.4, 0.5) is 0 Å². The molecule has 14 heavy (non-hydrogen) atoms. The van der Waals surface area contributed by atoms with E-state index in [1.54, 1.807) is 0 Å². The Morgan fingerprint density at radius 2 is 2.14 bits per heavy atom. The fraction of sp³-hybridized carbons (Fsp3) is 0.700. The van der Waals surface area contributed by atoms with Crippen LogP contribution in [-0.2, 0) is 0 Å². The summed E-state index contributed by atoms with van der Waals surface area (Å²) in [4.78, 5) is 0. The lowest BCUT2D eigenvalue weighted by Gasteiger charge is -2.13. The highest BCUT2D eigenvalue weighted by Gasteiger charge is 2.19. The van der Waals surface area contributed by atoms with Gasteiger partial charge < -0.3 is 15.4 Å². The lowest BCUT2D eigenvalue weighted by Crippen LogP contribution is -2.25. The van der Waals surface area contributed by atoms with Gasteiger partial charge in [-0.05, 0) is 0 Å². The molecular formula is C10H18N2O2. The quantitative estimate of drug-likeness (QED) is 0.763. The molecule has 3 N–H and O–H groups in total. The van der Waals surface area contributed by atoms with E-state index in [2.05, 4.69) is 5.16 Å². The zero-order valence-electron chi connectivity index (χ0n) is 8.90. The number of hydrogen-bond acceptors (Lipinski definition) is 4. The predicted octanol–water partition coefficient (Wildman–Crippen LogP) is 1.22. The second kappa shape index (κ2) is 4.57. The summed E-state index contributed by atoms with van der Waals surface area (Å²) in [5.41, 5.74) is 6.14. The van der Waals surface area contributed by atoms with E-state index in [9.17, 15) is 5.11 Å². The third kappa shape index (κ3) is 2.33. The Labute approximate surface area is 84.1 Å². The second-order valence-electron chi connectivity index (χ2n) is 3.90. The van der Waals surface area contributed by atoms with Crippen molar-refractivity contribution in [3.63, 3.8) is 0 Å². The van der Waals surface area contributed by atoms with E-state index in [1.807, 2.05) is 26.8 Å². The number of nitrogens with zero attached hydrogens (tertiary/aromatic N) is 1. The smallest absolute Gasteiger partial charge is 0.139 e. The van der Waals surface area contributed by atoms with Gasteiger partial charge in [-0.1, -0.05) is 25.9 Å². The van der Waals surface area contributed by atoms with Crippen LogP contribution in [-0.4, -0.2) is 22.9 Å². The Kier molecular flexibility index (Phi) is 3.66. The molecule has 0 aliphatic heterocycles. The molecule has 80 valence electrons. The first kappa shape index (κ1) is 11.2. The molecule has 1 aromatic heterocycles. The summed E-state index contributed by atoms with van der Waals surface area (Å²) in [7, 11) is 0. The topological polar surface area (TPSA) is 72.3 Å². The van der Waals surface area contributed by atoms with Crippen LogP contribution in [0.25, 0.3) is 0 Å². The fourth-order valence-electron chi connectivity index (χ4n) is 1.19. The maximum Gasteiger partial charge on any atom is 0.139 e. The van der Waals surface area contributed by atoms with E-state index < -0.39 is 6.10 Å². The minimum absolute atomic E-state index is 0.0729. The van der Waals surface area contributed by atoms with Gasteiger partial charge in [0.1, 0.15) is 5.76 Å². The van der Waals surface area contributed by atoms with E-state index in [1.165, 1.54) is 0 Å². The van der Waals surface area contributed by atoms with Crippen LogP contribution >= 0.6 is 0 Å². The molecule has 1 rings (SSSR count). The summed E-state index contributed by atoms with van der Waals surface area (Å²) in [5, 5.41) is 13.4. The van der Waals surface area contributed by atoms with Gasteiger partial charge >= 0.3 is 0 Å². The molecule has 0 aromatic carbocycles. The monoisotopic (exact) mass is 198 g/mol. The number of aromatic nitrogens is 1. The van der Waals surface area contributed by atoms with Crippen LogP contribution in [0, 0.1) is 0 Å². The molecule has 2 unspecified atom stereocenters. The van der Waals surface area contributed by atoms with Crippen LogP contribution in [0.3, 0.4) is 0 Å². The van der Waals surface area contributed by atoms with E-state index in [0.29, 0.717) is 5.92 Å². The van der Waals surface area contributed by atoms with Gasteiger partial charge in [0, 0.05) is 24.4 Å². The van der Waals surface area contributed by atoms with Crippen LogP contribution in [0.1, 0.15) is 44.1 Å². The first-order valence-electron chi connectivity index (χ1n) is 4.91. The van der Waals surface area contributed by atoms with Gasteiger partial charge in [0.2, 0.25) is 0 Å². The fourth-order valence-corrected chi connectivity index (χ4v) is 1.19. The van der Waals surface area contributed by atoms with Crippen molar-refractivity contribution in [1.82, 2.24) is 5.16 Å². The summed E-state index contributed by atoms with van der Waals surface area (Å²) in [6.45, 7) is 6.20. The molecule has 0 saturated heterocycles. The maximum atomic E-state index is 9.52. The van der Waals surface area contributed by atoms with Crippen molar-refractivity contribution in [3.05, 3.63) is 17.5 Å². The van der Waals surface area contributed by atoms with Crippen molar-refractivity contribution in [1.29, 1.82) is 0 Å². The minimum Gasteiger partial charge on any atom is -0.391 e. The normalized spacial score (nSPS) is 15.9. The molecule has 2 atom stereocenters. The second-order valence-corrected chi connectivity index (χ2v) is 3.90. The molecular weight excluding hydrogens is 180 g/mol. The van der Waals surface area contributed by atoms with Crippen LogP contribution in [0.2, 0.25) is 0 Å². The summed E-state index contributed by atoms with van der Waals surface area (Å²) < 4.78 is 5.14. The third-order valence-electron chi connectivity index (χ3n) is 2.40. The average Bonchev–Trinajstić information content (AvgIpc) is 2.64. The number of rotatable bonds is 4. The molecule has 4 nitrogen and oxygen atoms in total. The van der Waals surface area contributed by atoms with Crippen molar-refractivity contribution < 1.29 is 9.63 Å². The standard InChI is InChI=1S/C10H18N2O2/c1-6(2)10-4-8(12-14-10)7(3)9(13)5-11/h4,6-7,9,13H,5,11H2,1-3H3. The predicted molar refractivity (Wildman–Crippen MR) is 54.1 cm³/mol. The van der Waals surface area contributed by atoms with Crippen molar-refractivity contribution >= 4 is 0 Å². The number of aliphatic hydroxyl groups excluding tert-OH is 1. The molecule has 0 aliphatic rings. The van der Waals surface area contributed by atoms with Crippen molar-refractivity contribution in [2.45, 2.75) is 38.7 Å². The highest BCUT2D eigenvalue weighted by Crippen LogP contribution is 2.22. The van der Waals surface area contributed by atoms with Crippen molar-refractivity contribution in [2.24, 2.45) is 5.73 Å². The van der Waals surface area contributed by atoms with Gasteiger partial charge in [0.05, 0.1) is 11.8 Å². The van der Waals surface area contributed by atoms with E-state index in [-0.39, 0.29) is 12.5 Å². The van der Waals surface area contributed by atoms with Crippen molar-refractivity contribution in [2.75, 3.05) is 6.54 Å². The Balaban J connectivity index is 2.76. The number of hydrogen-bond donors (Lipinski definition) is 2. The first-order valence-corrected chi connectivity index (χ1v) is 4.91. The highest BCUT2D eigenvalue weighted by molar-refractivity contribution is 5.13. The van der Waals surface area contributed by atoms with Gasteiger partial charge in [0.25, 0.3) is 0 Å². The molecule has 0 spiro atoms. The summed E-state index contributed by atoms with van der Waals surface area (Å²) >= 11 is 0. The molecule has 1 heterocycles. The molecule has 0 aliphatic carbocycles. The Hall–Kier alpha value is -0.870. The number of aliphatic hydroxyl groups is 1. The van der Waals surface area contributed by atoms with E-state index in [4.69, 9.17) is 10.3 Å². The van der Waals surface area contributed by atoms with Crippen LogP contribution in [0.5, 0.6) is 0 Å². The average molecular weight is 198 g/mol. The zero-order chi connectivity index (χ0) is 10.7. The minimum atomic E-state index is -0.555. The Bertz CT molecular complexity index is 283. The van der Waals surface area contributed by atoms with Gasteiger partial charge in [-0.25, -0.2) is 0 Å². The van der Waals surface area contributed by atoms with Crippen LogP contribution < -0.4 is 5.73 Å². The van der Waals surface area contributed by atoms with Gasteiger partial charge in [-0.3, -0.25) is 0 Å². The molecule has 0 saturated carbocycles. The van der Waals surface area contributed by atoms with Gasteiger partial charge in [0.15, 0.2) is 0 Å². The Morgan fingerprint density at radius 1 is 1.50 bits per heavy atom. The SMILES string of the molecule is CC(C)c1cc(C(C)C(O)CN)no1. The van der Waals surface area contributed by atoms with E-state index >= 15 is 0 Å². The molecule has 1 aromatic rings. The van der Waals surface area contributed by atoms with Crippen molar-refractivity contribution in [3.8, 4) is 0 Å². The molecule has 0 amide bonds. The van der Waals surface area contributed by atoms with Crippen LogP contribution in [0.15, 0.2) is 10.6 Å². The molecule has 0 bridgehead atoms. The third-order valence-corrected chi connectivity index (χ3v) is 2.40. The summed E-state index contributed by atoms with van der Waals surface area (Å²) in [5.74, 6) is 1.09.